The minimum atomic E-state index is -0.299. The van der Waals surface area contributed by atoms with E-state index in [1.54, 1.807) is 6.07 Å². The second-order valence-electron chi connectivity index (χ2n) is 10.3. The highest BCUT2D eigenvalue weighted by Gasteiger charge is 2.50. The maximum absolute atomic E-state index is 14.0. The number of halogens is 1. The molecule has 2 aliphatic rings. The molecule has 2 aromatic rings. The summed E-state index contributed by atoms with van der Waals surface area (Å²) in [4.78, 5) is 30.0. The highest BCUT2D eigenvalue weighted by atomic mass is 19.1. The van der Waals surface area contributed by atoms with Crippen LogP contribution in [-0.2, 0) is 10.3 Å². The van der Waals surface area contributed by atoms with E-state index in [0.717, 1.165) is 5.56 Å². The van der Waals surface area contributed by atoms with Crippen molar-refractivity contribution >= 4 is 11.8 Å². The number of hydrogen-bond donors (Lipinski definition) is 0. The van der Waals surface area contributed by atoms with Crippen LogP contribution in [0.15, 0.2) is 42.7 Å². The number of hydrogen-bond acceptors (Lipinski definition) is 2. The summed E-state index contributed by atoms with van der Waals surface area (Å²) in [5.74, 6) is 0.000759. The van der Waals surface area contributed by atoms with Crippen LogP contribution in [-0.4, -0.2) is 45.8 Å². The van der Waals surface area contributed by atoms with Crippen LogP contribution < -0.4 is 0 Å². The number of likely N-dealkylation sites (tertiary alicyclic amines) is 2. The third kappa shape index (κ3) is 4.00. The van der Waals surface area contributed by atoms with Crippen LogP contribution in [0.2, 0.25) is 0 Å². The third-order valence-corrected chi connectivity index (χ3v) is 6.63. The number of benzene rings is 1. The van der Waals surface area contributed by atoms with Crippen molar-refractivity contribution in [3.63, 3.8) is 0 Å². The van der Waals surface area contributed by atoms with Crippen molar-refractivity contribution in [1.29, 1.82) is 0 Å². The summed E-state index contributed by atoms with van der Waals surface area (Å²) >= 11 is 0. The van der Waals surface area contributed by atoms with Crippen molar-refractivity contribution in [2.24, 2.45) is 17.8 Å². The van der Waals surface area contributed by atoms with Crippen molar-refractivity contribution in [2.75, 3.05) is 19.6 Å². The van der Waals surface area contributed by atoms with Gasteiger partial charge in [0.15, 0.2) is 0 Å². The average Bonchev–Trinajstić information content (AvgIpc) is 3.40. The molecule has 2 aliphatic heterocycles. The first-order valence-corrected chi connectivity index (χ1v) is 11.1. The number of carbonyl (C=O) groups excluding carboxylic acids is 2. The number of rotatable bonds is 3. The van der Waals surface area contributed by atoms with Gasteiger partial charge in [0.25, 0.3) is 5.91 Å². The van der Waals surface area contributed by atoms with Crippen molar-refractivity contribution in [3.05, 3.63) is 59.7 Å². The minimum absolute atomic E-state index is 0.0251. The molecule has 0 N–H and O–H groups in total. The molecular weight excluding hydrogens is 393 g/mol. The highest BCUT2D eigenvalue weighted by molar-refractivity contribution is 5.94. The summed E-state index contributed by atoms with van der Waals surface area (Å²) in [5, 5.41) is 0. The second-order valence-corrected chi connectivity index (χ2v) is 10.3. The number of fused-ring (bicyclic) bond motifs is 1. The minimum Gasteiger partial charge on any atom is -0.348 e. The summed E-state index contributed by atoms with van der Waals surface area (Å²) < 4.78 is 16.1. The zero-order valence-electron chi connectivity index (χ0n) is 19.0. The molecule has 3 heterocycles. The Bertz CT molecular complexity index is 991. The topological polar surface area (TPSA) is 45.6 Å². The first-order chi connectivity index (χ1) is 14.6. The van der Waals surface area contributed by atoms with Gasteiger partial charge in [0.1, 0.15) is 5.82 Å². The van der Waals surface area contributed by atoms with E-state index < -0.39 is 0 Å². The molecule has 31 heavy (non-hydrogen) atoms. The van der Waals surface area contributed by atoms with Gasteiger partial charge >= 0.3 is 0 Å². The molecule has 2 saturated heterocycles. The van der Waals surface area contributed by atoms with E-state index in [2.05, 4.69) is 25.3 Å². The van der Waals surface area contributed by atoms with Gasteiger partial charge in [-0.05, 0) is 44.5 Å². The largest absolute Gasteiger partial charge is 0.348 e. The molecule has 3 atom stereocenters. The van der Waals surface area contributed by atoms with Crippen LogP contribution in [0.4, 0.5) is 4.39 Å². The molecule has 6 heteroatoms. The Morgan fingerprint density at radius 3 is 2.45 bits per heavy atom. The average molecular weight is 426 g/mol. The monoisotopic (exact) mass is 425 g/mol. The summed E-state index contributed by atoms with van der Waals surface area (Å²) in [6.45, 7) is 11.9. The SMILES string of the molecule is CC(C)C(=O)N1C[C@@H]2CN(C(=O)c3ccn(C(C)(C)C)c3)C[C@@H]2[C@H]1c1cccc(F)c1. The van der Waals surface area contributed by atoms with Crippen LogP contribution in [0.1, 0.15) is 56.6 Å². The number of nitrogens with zero attached hydrogens (tertiary/aromatic N) is 3. The molecule has 5 nitrogen and oxygen atoms in total. The molecule has 1 aromatic heterocycles. The van der Waals surface area contributed by atoms with Gasteiger partial charge < -0.3 is 14.4 Å². The van der Waals surface area contributed by atoms with E-state index in [0.29, 0.717) is 25.2 Å². The lowest BCUT2D eigenvalue weighted by atomic mass is 9.89. The fourth-order valence-corrected chi connectivity index (χ4v) is 5.01. The third-order valence-electron chi connectivity index (χ3n) is 6.63. The number of amides is 2. The van der Waals surface area contributed by atoms with E-state index in [4.69, 9.17) is 0 Å². The van der Waals surface area contributed by atoms with Gasteiger partial charge in [0.2, 0.25) is 5.91 Å². The Morgan fingerprint density at radius 2 is 1.84 bits per heavy atom. The van der Waals surface area contributed by atoms with Gasteiger partial charge in [-0.15, -0.1) is 0 Å². The zero-order valence-corrected chi connectivity index (χ0v) is 19.0. The fourth-order valence-electron chi connectivity index (χ4n) is 5.01. The standard InChI is InChI=1S/C25H32FN3O2/c1-16(2)23(30)29-14-19-12-27(24(31)18-9-10-28(13-18)25(3,4)5)15-21(19)22(29)17-7-6-8-20(26)11-17/h6-11,13,16,19,21-22H,12,14-15H2,1-5H3/t19-,21-,22+/m0/s1. The number of aromatic nitrogens is 1. The van der Waals surface area contributed by atoms with E-state index in [1.165, 1.54) is 12.1 Å². The molecule has 2 amide bonds. The maximum atomic E-state index is 14.0. The lowest BCUT2D eigenvalue weighted by Crippen LogP contribution is -2.39. The first-order valence-electron chi connectivity index (χ1n) is 11.1. The van der Waals surface area contributed by atoms with Gasteiger partial charge in [-0.2, -0.15) is 0 Å². The molecule has 0 bridgehead atoms. The Morgan fingerprint density at radius 1 is 1.10 bits per heavy atom. The normalized spacial score (nSPS) is 23.5. The summed E-state index contributed by atoms with van der Waals surface area (Å²) in [5.41, 5.74) is 1.42. The van der Waals surface area contributed by atoms with Crippen LogP contribution in [0, 0.1) is 23.6 Å². The summed E-state index contributed by atoms with van der Waals surface area (Å²) in [6, 6.07) is 8.22. The van der Waals surface area contributed by atoms with Gasteiger partial charge in [0.05, 0.1) is 11.6 Å². The molecule has 0 radical (unpaired) electrons. The quantitative estimate of drug-likeness (QED) is 0.736. The molecule has 0 spiro atoms. The Balaban J connectivity index is 1.59. The van der Waals surface area contributed by atoms with Gasteiger partial charge in [-0.3, -0.25) is 9.59 Å². The van der Waals surface area contributed by atoms with Crippen molar-refractivity contribution < 1.29 is 14.0 Å². The van der Waals surface area contributed by atoms with Crippen molar-refractivity contribution in [3.8, 4) is 0 Å². The van der Waals surface area contributed by atoms with Crippen LogP contribution in [0.5, 0.6) is 0 Å². The molecule has 0 saturated carbocycles. The van der Waals surface area contributed by atoms with E-state index >= 15 is 0 Å². The smallest absolute Gasteiger partial charge is 0.255 e. The molecule has 4 rings (SSSR count). The zero-order chi connectivity index (χ0) is 22.5. The maximum Gasteiger partial charge on any atom is 0.255 e. The molecule has 2 fully saturated rings. The lowest BCUT2D eigenvalue weighted by molar-refractivity contribution is -0.136. The van der Waals surface area contributed by atoms with E-state index in [1.807, 2.05) is 48.2 Å². The van der Waals surface area contributed by atoms with Gasteiger partial charge in [0, 0.05) is 55.3 Å². The fraction of sp³-hybridized carbons (Fsp3) is 0.520. The highest BCUT2D eigenvalue weighted by Crippen LogP contribution is 2.46. The van der Waals surface area contributed by atoms with Gasteiger partial charge in [-0.1, -0.05) is 26.0 Å². The van der Waals surface area contributed by atoms with Crippen LogP contribution >= 0.6 is 0 Å². The molecule has 0 unspecified atom stereocenters. The van der Waals surface area contributed by atoms with Crippen LogP contribution in [0.3, 0.4) is 0 Å². The van der Waals surface area contributed by atoms with E-state index in [9.17, 15) is 14.0 Å². The Labute approximate surface area is 183 Å². The first kappa shape index (κ1) is 21.6. The lowest BCUT2D eigenvalue weighted by Gasteiger charge is -2.31. The molecule has 0 aliphatic carbocycles. The number of carbonyl (C=O) groups is 2. The predicted molar refractivity (Wildman–Crippen MR) is 118 cm³/mol. The Kier molecular flexibility index (Phi) is 5.44. The summed E-state index contributed by atoms with van der Waals surface area (Å²) in [7, 11) is 0. The second kappa shape index (κ2) is 7.81. The van der Waals surface area contributed by atoms with Crippen molar-refractivity contribution in [1.82, 2.24) is 14.4 Å². The predicted octanol–water partition coefficient (Wildman–Crippen LogP) is 4.31. The van der Waals surface area contributed by atoms with Crippen LogP contribution in [0.25, 0.3) is 0 Å². The Hall–Kier alpha value is -2.63. The van der Waals surface area contributed by atoms with E-state index in [-0.39, 0.29) is 47.0 Å². The molecule has 166 valence electrons. The molecular formula is C25H32FN3O2. The summed E-state index contributed by atoms with van der Waals surface area (Å²) in [6.07, 6.45) is 3.86. The van der Waals surface area contributed by atoms with Crippen molar-refractivity contribution in [2.45, 2.75) is 46.2 Å². The van der Waals surface area contributed by atoms with Gasteiger partial charge in [-0.25, -0.2) is 4.39 Å². The molecule has 1 aromatic carbocycles.